The second-order valence-corrected chi connectivity index (χ2v) is 5.27. The zero-order valence-electron chi connectivity index (χ0n) is 11.6. The molecule has 0 saturated carbocycles. The Balaban J connectivity index is 2.07. The summed E-state index contributed by atoms with van der Waals surface area (Å²) in [5.41, 5.74) is -0.0134. The van der Waals surface area contributed by atoms with Crippen LogP contribution < -0.4 is 5.32 Å². The summed E-state index contributed by atoms with van der Waals surface area (Å²) < 4.78 is 0. The average Bonchev–Trinajstić information content (AvgIpc) is 2.42. The van der Waals surface area contributed by atoms with Gasteiger partial charge in [0.2, 0.25) is 0 Å². The first-order valence-corrected chi connectivity index (χ1v) is 6.63. The van der Waals surface area contributed by atoms with E-state index >= 15 is 0 Å². The van der Waals surface area contributed by atoms with E-state index in [1.165, 1.54) is 12.3 Å². The molecule has 0 unspecified atom stereocenters. The molecule has 0 radical (unpaired) electrons. The molecule has 108 valence electrons. The van der Waals surface area contributed by atoms with E-state index in [4.69, 9.17) is 0 Å². The van der Waals surface area contributed by atoms with Crippen molar-refractivity contribution in [2.45, 2.75) is 20.3 Å². The first-order chi connectivity index (χ1) is 9.49. The number of likely N-dealkylation sites (tertiary alicyclic amines) is 1. The zero-order valence-corrected chi connectivity index (χ0v) is 11.6. The van der Waals surface area contributed by atoms with Crippen LogP contribution in [0.2, 0.25) is 0 Å². The monoisotopic (exact) mass is 278 g/mol. The Morgan fingerprint density at radius 3 is 2.90 bits per heavy atom. The molecular weight excluding hydrogens is 260 g/mol. The maximum atomic E-state index is 12.2. The summed E-state index contributed by atoms with van der Waals surface area (Å²) in [4.78, 5) is 27.9. The van der Waals surface area contributed by atoms with Crippen LogP contribution in [0.5, 0.6) is 0 Å². The molecule has 20 heavy (non-hydrogen) atoms. The number of aromatic nitrogens is 1. The predicted octanol–water partition coefficient (Wildman–Crippen LogP) is 2.50. The fourth-order valence-corrected chi connectivity index (χ4v) is 2.28. The molecule has 2 amide bonds. The minimum absolute atomic E-state index is 0.182. The highest BCUT2D eigenvalue weighted by Gasteiger charge is 2.27. The molecule has 1 aliphatic heterocycles. The van der Waals surface area contributed by atoms with E-state index in [-0.39, 0.29) is 17.4 Å². The molecule has 7 nitrogen and oxygen atoms in total. The fraction of sp³-hybridized carbons (Fsp3) is 0.538. The molecule has 1 saturated heterocycles. The molecule has 1 aliphatic rings. The van der Waals surface area contributed by atoms with Gasteiger partial charge < -0.3 is 10.2 Å². The van der Waals surface area contributed by atoms with Crippen LogP contribution in [0.4, 0.5) is 16.2 Å². The Morgan fingerprint density at radius 2 is 2.25 bits per heavy atom. The number of hydrogen-bond donors (Lipinski definition) is 1. The van der Waals surface area contributed by atoms with Gasteiger partial charge in [0, 0.05) is 19.3 Å². The van der Waals surface area contributed by atoms with Crippen molar-refractivity contribution in [1.82, 2.24) is 9.88 Å². The summed E-state index contributed by atoms with van der Waals surface area (Å²) in [7, 11) is 0. The van der Waals surface area contributed by atoms with Gasteiger partial charge in [-0.15, -0.1) is 0 Å². The number of hydrogen-bond acceptors (Lipinski definition) is 4. The van der Waals surface area contributed by atoms with E-state index < -0.39 is 4.92 Å². The number of carbonyl (C=O) groups excluding carboxylic acids is 1. The van der Waals surface area contributed by atoms with Crippen molar-refractivity contribution in [2.75, 3.05) is 18.4 Å². The molecule has 2 rings (SSSR count). The van der Waals surface area contributed by atoms with Crippen molar-refractivity contribution < 1.29 is 9.72 Å². The van der Waals surface area contributed by atoms with Gasteiger partial charge in [-0.1, -0.05) is 13.8 Å². The summed E-state index contributed by atoms with van der Waals surface area (Å²) in [5, 5.41) is 13.5. The molecule has 1 N–H and O–H groups in total. The third-order valence-electron chi connectivity index (χ3n) is 3.86. The van der Waals surface area contributed by atoms with Crippen LogP contribution in [0.3, 0.4) is 0 Å². The van der Waals surface area contributed by atoms with Crippen LogP contribution in [-0.2, 0) is 0 Å². The van der Waals surface area contributed by atoms with Gasteiger partial charge in [-0.05, 0) is 24.3 Å². The van der Waals surface area contributed by atoms with E-state index in [2.05, 4.69) is 24.1 Å². The Kier molecular flexibility index (Phi) is 4.16. The molecule has 0 aromatic carbocycles. The second kappa shape index (κ2) is 5.85. The number of anilines is 1. The number of amides is 2. The van der Waals surface area contributed by atoms with Crippen molar-refractivity contribution in [1.29, 1.82) is 0 Å². The molecule has 2 heterocycles. The maximum Gasteiger partial charge on any atom is 0.322 e. The van der Waals surface area contributed by atoms with Gasteiger partial charge in [0.15, 0.2) is 0 Å². The maximum absolute atomic E-state index is 12.2. The van der Waals surface area contributed by atoms with Gasteiger partial charge in [0.1, 0.15) is 11.9 Å². The van der Waals surface area contributed by atoms with Crippen LogP contribution in [0.15, 0.2) is 18.5 Å². The van der Waals surface area contributed by atoms with Crippen LogP contribution in [0.25, 0.3) is 0 Å². The van der Waals surface area contributed by atoms with Crippen molar-refractivity contribution in [3.05, 3.63) is 28.6 Å². The van der Waals surface area contributed by atoms with E-state index in [0.717, 1.165) is 12.6 Å². The number of pyridine rings is 1. The van der Waals surface area contributed by atoms with Gasteiger partial charge in [0.05, 0.1) is 4.92 Å². The van der Waals surface area contributed by atoms with E-state index in [9.17, 15) is 14.9 Å². The quantitative estimate of drug-likeness (QED) is 0.665. The number of piperidine rings is 1. The van der Waals surface area contributed by atoms with Crippen LogP contribution >= 0.6 is 0 Å². The number of nitrogens with one attached hydrogen (secondary N) is 1. The van der Waals surface area contributed by atoms with Gasteiger partial charge in [-0.3, -0.25) is 15.1 Å². The van der Waals surface area contributed by atoms with Crippen LogP contribution in [0, 0.1) is 22.0 Å². The molecule has 0 spiro atoms. The molecule has 1 fully saturated rings. The summed E-state index contributed by atoms with van der Waals surface area (Å²) in [6.45, 7) is 5.63. The third-order valence-corrected chi connectivity index (χ3v) is 3.86. The third kappa shape index (κ3) is 3.04. The van der Waals surface area contributed by atoms with Crippen LogP contribution in [-0.4, -0.2) is 33.9 Å². The Bertz CT molecular complexity index is 520. The molecule has 0 aliphatic carbocycles. The zero-order chi connectivity index (χ0) is 14.7. The van der Waals surface area contributed by atoms with Crippen LogP contribution in [0.1, 0.15) is 20.3 Å². The molecular formula is C13H18N4O3. The Labute approximate surface area is 117 Å². The van der Waals surface area contributed by atoms with Crippen molar-refractivity contribution >= 4 is 17.4 Å². The molecule has 2 atom stereocenters. The fourth-order valence-electron chi connectivity index (χ4n) is 2.28. The lowest BCUT2D eigenvalue weighted by Crippen LogP contribution is -2.44. The number of carbonyl (C=O) groups is 1. The van der Waals surface area contributed by atoms with Gasteiger partial charge in [-0.25, -0.2) is 4.79 Å². The molecule has 7 heteroatoms. The minimum Gasteiger partial charge on any atom is -0.324 e. The Morgan fingerprint density at radius 1 is 1.50 bits per heavy atom. The number of nitrogens with zero attached hydrogens (tertiary/aromatic N) is 3. The molecule has 1 aromatic rings. The highest BCUT2D eigenvalue weighted by molar-refractivity contribution is 5.91. The second-order valence-electron chi connectivity index (χ2n) is 5.27. The van der Waals surface area contributed by atoms with Gasteiger partial charge in [-0.2, -0.15) is 0 Å². The highest BCUT2D eigenvalue weighted by Crippen LogP contribution is 2.25. The van der Waals surface area contributed by atoms with E-state index in [0.29, 0.717) is 24.9 Å². The lowest BCUT2D eigenvalue weighted by Gasteiger charge is -2.35. The number of urea groups is 1. The summed E-state index contributed by atoms with van der Waals surface area (Å²) in [5.74, 6) is 1.02. The highest BCUT2D eigenvalue weighted by atomic mass is 16.6. The first-order valence-electron chi connectivity index (χ1n) is 6.63. The SMILES string of the molecule is C[C@@H]1CN(C(=O)Nc2ccncc2[N+](=O)[O-])CC[C@@H]1C. The minimum atomic E-state index is -0.552. The lowest BCUT2D eigenvalue weighted by molar-refractivity contribution is -0.384. The molecule has 0 bridgehead atoms. The van der Waals surface area contributed by atoms with Crippen molar-refractivity contribution in [2.24, 2.45) is 11.8 Å². The predicted molar refractivity (Wildman–Crippen MR) is 74.4 cm³/mol. The topological polar surface area (TPSA) is 88.4 Å². The summed E-state index contributed by atoms with van der Waals surface area (Å²) in [6, 6.07) is 1.14. The van der Waals surface area contributed by atoms with E-state index in [1.54, 1.807) is 4.90 Å². The smallest absolute Gasteiger partial charge is 0.322 e. The number of rotatable bonds is 2. The first kappa shape index (κ1) is 14.2. The summed E-state index contributed by atoms with van der Waals surface area (Å²) >= 11 is 0. The van der Waals surface area contributed by atoms with Gasteiger partial charge in [0.25, 0.3) is 0 Å². The molecule has 1 aromatic heterocycles. The van der Waals surface area contributed by atoms with E-state index in [1.807, 2.05) is 0 Å². The lowest BCUT2D eigenvalue weighted by atomic mass is 9.89. The summed E-state index contributed by atoms with van der Waals surface area (Å²) in [6.07, 6.45) is 3.51. The Hall–Kier alpha value is -2.18. The standard InChI is InChI=1S/C13H18N4O3/c1-9-4-6-16(8-10(9)2)13(18)15-11-3-5-14-7-12(11)17(19)20/h3,5,7,9-10H,4,6,8H2,1-2H3,(H,14,15,18)/t9-,10+/m0/s1. The van der Waals surface area contributed by atoms with Crippen molar-refractivity contribution in [3.8, 4) is 0 Å². The number of nitro groups is 1. The van der Waals surface area contributed by atoms with Gasteiger partial charge >= 0.3 is 11.7 Å². The largest absolute Gasteiger partial charge is 0.324 e. The van der Waals surface area contributed by atoms with Crippen molar-refractivity contribution in [3.63, 3.8) is 0 Å². The average molecular weight is 278 g/mol. The normalized spacial score (nSPS) is 22.4.